The van der Waals surface area contributed by atoms with Crippen molar-refractivity contribution in [1.29, 1.82) is 0 Å². The zero-order valence-electron chi connectivity index (χ0n) is 16.0. The second-order valence-electron chi connectivity index (χ2n) is 6.61. The van der Waals surface area contributed by atoms with Crippen molar-refractivity contribution >= 4 is 0 Å². The fourth-order valence-corrected chi connectivity index (χ4v) is 3.20. The standard InChI is InChI=1S/C22H25NO3/c1-14-10-11-15(2)20(12-14)25-13-18-8-6-7-9-19(18)22(24-5)21-16(3)23-26-17(21)4/h6-12,22H,13H2,1-5H3. The molecule has 1 heterocycles. The summed E-state index contributed by atoms with van der Waals surface area (Å²) in [5, 5.41) is 4.07. The summed E-state index contributed by atoms with van der Waals surface area (Å²) in [7, 11) is 1.71. The average Bonchev–Trinajstić information content (AvgIpc) is 2.97. The van der Waals surface area contributed by atoms with Crippen LogP contribution in [0.1, 0.15) is 45.4 Å². The van der Waals surface area contributed by atoms with Crippen LogP contribution in [0, 0.1) is 27.7 Å². The van der Waals surface area contributed by atoms with Gasteiger partial charge in [0.2, 0.25) is 0 Å². The summed E-state index contributed by atoms with van der Waals surface area (Å²) >= 11 is 0. The van der Waals surface area contributed by atoms with E-state index in [4.69, 9.17) is 14.0 Å². The lowest BCUT2D eigenvalue weighted by molar-refractivity contribution is 0.132. The predicted octanol–water partition coefficient (Wildman–Crippen LogP) is 5.22. The van der Waals surface area contributed by atoms with Gasteiger partial charge in [-0.2, -0.15) is 0 Å². The van der Waals surface area contributed by atoms with Crippen LogP contribution in [0.2, 0.25) is 0 Å². The third kappa shape index (κ3) is 3.65. The molecule has 0 spiro atoms. The Labute approximate surface area is 154 Å². The molecule has 1 unspecified atom stereocenters. The van der Waals surface area contributed by atoms with Crippen LogP contribution in [0.25, 0.3) is 0 Å². The lowest BCUT2D eigenvalue weighted by atomic mass is 9.96. The highest BCUT2D eigenvalue weighted by molar-refractivity contribution is 5.40. The molecule has 0 saturated carbocycles. The Bertz CT molecular complexity index is 879. The first-order chi connectivity index (χ1) is 12.5. The topological polar surface area (TPSA) is 44.5 Å². The van der Waals surface area contributed by atoms with Crippen molar-refractivity contribution in [2.24, 2.45) is 0 Å². The van der Waals surface area contributed by atoms with Crippen molar-refractivity contribution in [3.05, 3.63) is 81.7 Å². The second-order valence-corrected chi connectivity index (χ2v) is 6.61. The van der Waals surface area contributed by atoms with Gasteiger partial charge in [0.1, 0.15) is 24.2 Å². The number of methoxy groups -OCH3 is 1. The van der Waals surface area contributed by atoms with Crippen LogP contribution in [0.3, 0.4) is 0 Å². The maximum atomic E-state index is 6.12. The monoisotopic (exact) mass is 351 g/mol. The molecule has 3 aromatic rings. The number of ether oxygens (including phenoxy) is 2. The lowest BCUT2D eigenvalue weighted by Crippen LogP contribution is -2.10. The van der Waals surface area contributed by atoms with Crippen LogP contribution in [-0.4, -0.2) is 12.3 Å². The van der Waals surface area contributed by atoms with Crippen molar-refractivity contribution in [1.82, 2.24) is 5.16 Å². The van der Waals surface area contributed by atoms with Gasteiger partial charge in [-0.1, -0.05) is 41.6 Å². The quantitative estimate of drug-likeness (QED) is 0.610. The zero-order valence-corrected chi connectivity index (χ0v) is 16.0. The van der Waals surface area contributed by atoms with Crippen molar-refractivity contribution in [2.45, 2.75) is 40.4 Å². The molecule has 0 fully saturated rings. The van der Waals surface area contributed by atoms with E-state index in [1.807, 2.05) is 26.0 Å². The van der Waals surface area contributed by atoms with Crippen LogP contribution in [0.4, 0.5) is 0 Å². The summed E-state index contributed by atoms with van der Waals surface area (Å²) < 4.78 is 17.3. The van der Waals surface area contributed by atoms with E-state index in [0.717, 1.165) is 39.5 Å². The minimum absolute atomic E-state index is 0.236. The van der Waals surface area contributed by atoms with Gasteiger partial charge in [0, 0.05) is 7.11 Å². The molecule has 0 aliphatic carbocycles. The molecule has 3 rings (SSSR count). The first-order valence-corrected chi connectivity index (χ1v) is 8.74. The lowest BCUT2D eigenvalue weighted by Gasteiger charge is -2.20. The molecule has 0 amide bonds. The maximum Gasteiger partial charge on any atom is 0.140 e. The Morgan fingerprint density at radius 2 is 1.81 bits per heavy atom. The van der Waals surface area contributed by atoms with Gasteiger partial charge in [-0.15, -0.1) is 0 Å². The fraction of sp³-hybridized carbons (Fsp3) is 0.318. The van der Waals surface area contributed by atoms with Crippen LogP contribution in [0.5, 0.6) is 5.75 Å². The predicted molar refractivity (Wildman–Crippen MR) is 102 cm³/mol. The average molecular weight is 351 g/mol. The van der Waals surface area contributed by atoms with Gasteiger partial charge in [-0.3, -0.25) is 0 Å². The minimum atomic E-state index is -0.236. The molecular formula is C22H25NO3. The molecule has 26 heavy (non-hydrogen) atoms. The molecule has 4 nitrogen and oxygen atoms in total. The SMILES string of the molecule is COC(c1ccccc1COc1cc(C)ccc1C)c1c(C)noc1C. The molecular weight excluding hydrogens is 326 g/mol. The maximum absolute atomic E-state index is 6.12. The van der Waals surface area contributed by atoms with Gasteiger partial charge in [0.05, 0.1) is 11.3 Å². The number of rotatable bonds is 6. The molecule has 4 heteroatoms. The van der Waals surface area contributed by atoms with Crippen molar-refractivity contribution in [3.8, 4) is 5.75 Å². The molecule has 0 saturated heterocycles. The Morgan fingerprint density at radius 1 is 1.04 bits per heavy atom. The van der Waals surface area contributed by atoms with Crippen molar-refractivity contribution in [2.75, 3.05) is 7.11 Å². The molecule has 1 aromatic heterocycles. The first-order valence-electron chi connectivity index (χ1n) is 8.74. The van der Waals surface area contributed by atoms with Gasteiger partial charge < -0.3 is 14.0 Å². The Kier molecular flexibility index (Phi) is 5.43. The molecule has 2 aromatic carbocycles. The molecule has 0 bridgehead atoms. The number of hydrogen-bond acceptors (Lipinski definition) is 4. The number of aryl methyl sites for hydroxylation is 4. The molecule has 0 N–H and O–H groups in total. The second kappa shape index (κ2) is 7.75. The van der Waals surface area contributed by atoms with Crippen LogP contribution in [-0.2, 0) is 11.3 Å². The van der Waals surface area contributed by atoms with Crippen molar-refractivity contribution in [3.63, 3.8) is 0 Å². The van der Waals surface area contributed by atoms with E-state index in [1.165, 1.54) is 5.56 Å². The van der Waals surface area contributed by atoms with E-state index in [-0.39, 0.29) is 6.10 Å². The van der Waals surface area contributed by atoms with E-state index in [0.29, 0.717) is 6.61 Å². The number of benzene rings is 2. The molecule has 136 valence electrons. The Hall–Kier alpha value is -2.59. The fourth-order valence-electron chi connectivity index (χ4n) is 3.20. The van der Waals surface area contributed by atoms with Crippen LogP contribution < -0.4 is 4.74 Å². The third-order valence-corrected chi connectivity index (χ3v) is 4.65. The summed E-state index contributed by atoms with van der Waals surface area (Å²) in [6.45, 7) is 8.45. The summed E-state index contributed by atoms with van der Waals surface area (Å²) in [5.74, 6) is 1.69. The van der Waals surface area contributed by atoms with Crippen LogP contribution >= 0.6 is 0 Å². The number of aromatic nitrogens is 1. The highest BCUT2D eigenvalue weighted by Crippen LogP contribution is 2.33. The van der Waals surface area contributed by atoms with E-state index in [1.54, 1.807) is 7.11 Å². The van der Waals surface area contributed by atoms with E-state index in [9.17, 15) is 0 Å². The summed E-state index contributed by atoms with van der Waals surface area (Å²) in [4.78, 5) is 0. The molecule has 1 atom stereocenters. The zero-order chi connectivity index (χ0) is 18.7. The van der Waals surface area contributed by atoms with Gasteiger partial charge in [-0.25, -0.2) is 0 Å². The minimum Gasteiger partial charge on any atom is -0.489 e. The van der Waals surface area contributed by atoms with E-state index in [2.05, 4.69) is 49.3 Å². The van der Waals surface area contributed by atoms with Crippen molar-refractivity contribution < 1.29 is 14.0 Å². The highest BCUT2D eigenvalue weighted by Gasteiger charge is 2.24. The molecule has 0 radical (unpaired) electrons. The van der Waals surface area contributed by atoms with Gasteiger partial charge in [0.15, 0.2) is 0 Å². The van der Waals surface area contributed by atoms with Crippen LogP contribution in [0.15, 0.2) is 47.0 Å². The van der Waals surface area contributed by atoms with Gasteiger partial charge in [-0.05, 0) is 56.0 Å². The summed E-state index contributed by atoms with van der Waals surface area (Å²) in [5.41, 5.74) is 6.28. The number of nitrogens with zero attached hydrogens (tertiary/aromatic N) is 1. The highest BCUT2D eigenvalue weighted by atomic mass is 16.5. The Morgan fingerprint density at radius 3 is 2.50 bits per heavy atom. The van der Waals surface area contributed by atoms with Gasteiger partial charge >= 0.3 is 0 Å². The third-order valence-electron chi connectivity index (χ3n) is 4.65. The number of hydrogen-bond donors (Lipinski definition) is 0. The first kappa shape index (κ1) is 18.2. The smallest absolute Gasteiger partial charge is 0.140 e. The Balaban J connectivity index is 1.91. The molecule has 0 aliphatic heterocycles. The summed E-state index contributed by atoms with van der Waals surface area (Å²) in [6.07, 6.45) is -0.236. The van der Waals surface area contributed by atoms with E-state index >= 15 is 0 Å². The normalized spacial score (nSPS) is 12.2. The largest absolute Gasteiger partial charge is 0.489 e. The molecule has 0 aliphatic rings. The summed E-state index contributed by atoms with van der Waals surface area (Å²) in [6, 6.07) is 14.4. The van der Waals surface area contributed by atoms with E-state index < -0.39 is 0 Å². The van der Waals surface area contributed by atoms with Gasteiger partial charge in [0.25, 0.3) is 0 Å².